The summed E-state index contributed by atoms with van der Waals surface area (Å²) < 4.78 is 10.8. The van der Waals surface area contributed by atoms with Crippen molar-refractivity contribution in [3.05, 3.63) is 23.7 Å². The molecule has 1 aliphatic rings. The molecular formula is C13H22N2O2. The maximum Gasteiger partial charge on any atom is 0.118 e. The highest BCUT2D eigenvalue weighted by atomic mass is 16.5. The molecular weight excluding hydrogens is 216 g/mol. The zero-order valence-electron chi connectivity index (χ0n) is 10.5. The van der Waals surface area contributed by atoms with Gasteiger partial charge in [0.1, 0.15) is 5.76 Å². The Labute approximate surface area is 103 Å². The van der Waals surface area contributed by atoms with Gasteiger partial charge < -0.3 is 14.9 Å². The smallest absolute Gasteiger partial charge is 0.118 e. The van der Waals surface area contributed by atoms with E-state index >= 15 is 0 Å². The highest BCUT2D eigenvalue weighted by Gasteiger charge is 2.16. The van der Waals surface area contributed by atoms with Crippen molar-refractivity contribution in [3.8, 4) is 0 Å². The van der Waals surface area contributed by atoms with Gasteiger partial charge >= 0.3 is 0 Å². The first-order valence-corrected chi connectivity index (χ1v) is 6.30. The number of nitrogens with zero attached hydrogens (tertiary/aromatic N) is 1. The van der Waals surface area contributed by atoms with E-state index in [9.17, 15) is 0 Å². The van der Waals surface area contributed by atoms with E-state index in [0.29, 0.717) is 6.54 Å². The molecule has 0 unspecified atom stereocenters. The van der Waals surface area contributed by atoms with Crippen LogP contribution < -0.4 is 5.73 Å². The van der Waals surface area contributed by atoms with Crippen molar-refractivity contribution >= 4 is 0 Å². The summed E-state index contributed by atoms with van der Waals surface area (Å²) in [5.41, 5.74) is 6.62. The number of rotatable bonds is 5. The molecule has 1 aromatic heterocycles. The zero-order chi connectivity index (χ0) is 12.1. The number of ether oxygens (including phenoxy) is 1. The molecule has 1 saturated heterocycles. The normalized spacial score (nSPS) is 17.8. The van der Waals surface area contributed by atoms with Crippen LogP contribution in [0.15, 0.2) is 16.7 Å². The summed E-state index contributed by atoms with van der Waals surface area (Å²) in [5.74, 6) is 1.76. The average Bonchev–Trinajstić information content (AvgIpc) is 2.78. The fourth-order valence-corrected chi connectivity index (χ4v) is 2.32. The predicted octanol–water partition coefficient (Wildman–Crippen LogP) is 1.60. The quantitative estimate of drug-likeness (QED) is 0.846. The van der Waals surface area contributed by atoms with Crippen molar-refractivity contribution in [2.75, 3.05) is 26.8 Å². The lowest BCUT2D eigenvalue weighted by atomic mass is 10.00. The van der Waals surface area contributed by atoms with Crippen LogP contribution >= 0.6 is 0 Å². The topological polar surface area (TPSA) is 51.6 Å². The molecule has 0 saturated carbocycles. The van der Waals surface area contributed by atoms with Crippen molar-refractivity contribution < 1.29 is 9.15 Å². The van der Waals surface area contributed by atoms with E-state index in [0.717, 1.165) is 43.5 Å². The van der Waals surface area contributed by atoms with Crippen LogP contribution in [0.5, 0.6) is 0 Å². The van der Waals surface area contributed by atoms with E-state index in [2.05, 4.69) is 11.9 Å². The summed E-state index contributed by atoms with van der Waals surface area (Å²) in [4.78, 5) is 2.31. The van der Waals surface area contributed by atoms with Gasteiger partial charge in [-0.1, -0.05) is 0 Å². The molecule has 0 aliphatic carbocycles. The van der Waals surface area contributed by atoms with Gasteiger partial charge in [-0.25, -0.2) is 0 Å². The van der Waals surface area contributed by atoms with Crippen molar-refractivity contribution in [1.29, 1.82) is 0 Å². The second-order valence-corrected chi connectivity index (χ2v) is 4.88. The fraction of sp³-hybridized carbons (Fsp3) is 0.692. The van der Waals surface area contributed by atoms with Gasteiger partial charge in [0.15, 0.2) is 0 Å². The van der Waals surface area contributed by atoms with E-state index in [1.165, 1.54) is 12.8 Å². The van der Waals surface area contributed by atoms with Gasteiger partial charge in [0.25, 0.3) is 0 Å². The van der Waals surface area contributed by atoms with Crippen molar-refractivity contribution in [3.63, 3.8) is 0 Å². The van der Waals surface area contributed by atoms with Crippen molar-refractivity contribution in [2.24, 2.45) is 11.7 Å². The lowest BCUT2D eigenvalue weighted by molar-refractivity contribution is 0.0543. The molecule has 0 aromatic carbocycles. The molecule has 2 heterocycles. The summed E-state index contributed by atoms with van der Waals surface area (Å²) in [6.07, 6.45) is 4.10. The minimum Gasteiger partial charge on any atom is -0.468 e. The van der Waals surface area contributed by atoms with Gasteiger partial charge in [-0.15, -0.1) is 0 Å². The zero-order valence-corrected chi connectivity index (χ0v) is 10.5. The lowest BCUT2D eigenvalue weighted by Gasteiger charge is -2.26. The molecule has 4 heteroatoms. The third kappa shape index (κ3) is 3.84. The van der Waals surface area contributed by atoms with Crippen LogP contribution in [0.4, 0.5) is 0 Å². The maximum absolute atomic E-state index is 5.56. The van der Waals surface area contributed by atoms with Gasteiger partial charge in [-0.2, -0.15) is 0 Å². The molecule has 1 aromatic rings. The Morgan fingerprint density at radius 3 is 2.82 bits per heavy atom. The Morgan fingerprint density at radius 2 is 2.18 bits per heavy atom. The van der Waals surface area contributed by atoms with Crippen molar-refractivity contribution in [2.45, 2.75) is 25.9 Å². The number of hydrogen-bond donors (Lipinski definition) is 1. The number of furan rings is 1. The van der Waals surface area contributed by atoms with Crippen LogP contribution in [0, 0.1) is 5.92 Å². The minimum absolute atomic E-state index is 0.549. The third-order valence-electron chi connectivity index (χ3n) is 3.28. The van der Waals surface area contributed by atoms with E-state index in [-0.39, 0.29) is 0 Å². The highest BCUT2D eigenvalue weighted by Crippen LogP contribution is 2.17. The third-order valence-corrected chi connectivity index (χ3v) is 3.28. The van der Waals surface area contributed by atoms with Gasteiger partial charge in [0.05, 0.1) is 12.8 Å². The van der Waals surface area contributed by atoms with Crippen LogP contribution in [0.1, 0.15) is 24.2 Å². The molecule has 0 radical (unpaired) electrons. The molecule has 1 fully saturated rings. The standard InChI is InChI=1S/C13H22N2O2/c1-15(8-11-2-4-16-5-3-11)9-13-6-12(7-14)10-17-13/h6,10-11H,2-5,7-9,14H2,1H3. The molecule has 4 nitrogen and oxygen atoms in total. The Bertz CT molecular complexity index is 332. The summed E-state index contributed by atoms with van der Waals surface area (Å²) in [5, 5.41) is 0. The van der Waals surface area contributed by atoms with Crippen LogP contribution in [0.2, 0.25) is 0 Å². The molecule has 0 spiro atoms. The summed E-state index contributed by atoms with van der Waals surface area (Å²) in [7, 11) is 2.14. The van der Waals surface area contributed by atoms with Gasteiger partial charge in [0, 0.05) is 31.9 Å². The van der Waals surface area contributed by atoms with E-state index in [1.54, 1.807) is 6.26 Å². The summed E-state index contributed by atoms with van der Waals surface area (Å²) in [6.45, 7) is 4.35. The second-order valence-electron chi connectivity index (χ2n) is 4.88. The average molecular weight is 238 g/mol. The Balaban J connectivity index is 1.77. The van der Waals surface area contributed by atoms with E-state index in [4.69, 9.17) is 14.9 Å². The second kappa shape index (κ2) is 6.19. The first kappa shape index (κ1) is 12.6. The maximum atomic E-state index is 5.56. The molecule has 2 rings (SSSR count). The Kier molecular flexibility index (Phi) is 4.59. The van der Waals surface area contributed by atoms with Gasteiger partial charge in [-0.05, 0) is 31.9 Å². The molecule has 1 aliphatic heterocycles. The molecule has 96 valence electrons. The Hall–Kier alpha value is -0.840. The highest BCUT2D eigenvalue weighted by molar-refractivity contribution is 5.12. The lowest BCUT2D eigenvalue weighted by Crippen LogP contribution is -2.29. The molecule has 0 amide bonds. The predicted molar refractivity (Wildman–Crippen MR) is 66.5 cm³/mol. The first-order chi connectivity index (χ1) is 8.28. The van der Waals surface area contributed by atoms with Crippen molar-refractivity contribution in [1.82, 2.24) is 4.90 Å². The van der Waals surface area contributed by atoms with Crippen LogP contribution in [-0.4, -0.2) is 31.7 Å². The van der Waals surface area contributed by atoms with Gasteiger partial charge in [-0.3, -0.25) is 4.90 Å². The summed E-state index contributed by atoms with van der Waals surface area (Å²) in [6, 6.07) is 2.04. The SMILES string of the molecule is CN(Cc1cc(CN)co1)CC1CCOCC1. The largest absolute Gasteiger partial charge is 0.468 e. The number of nitrogens with two attached hydrogens (primary N) is 1. The monoisotopic (exact) mass is 238 g/mol. The van der Waals surface area contributed by atoms with Crippen LogP contribution in [0.25, 0.3) is 0 Å². The van der Waals surface area contributed by atoms with E-state index < -0.39 is 0 Å². The van der Waals surface area contributed by atoms with Crippen LogP contribution in [-0.2, 0) is 17.8 Å². The fourth-order valence-electron chi connectivity index (χ4n) is 2.32. The summed E-state index contributed by atoms with van der Waals surface area (Å²) >= 11 is 0. The van der Waals surface area contributed by atoms with Crippen LogP contribution in [0.3, 0.4) is 0 Å². The molecule has 2 N–H and O–H groups in total. The minimum atomic E-state index is 0.549. The van der Waals surface area contributed by atoms with E-state index in [1.807, 2.05) is 6.07 Å². The molecule has 17 heavy (non-hydrogen) atoms. The molecule has 0 bridgehead atoms. The number of hydrogen-bond acceptors (Lipinski definition) is 4. The first-order valence-electron chi connectivity index (χ1n) is 6.30. The van der Waals surface area contributed by atoms with Gasteiger partial charge in [0.2, 0.25) is 0 Å². The Morgan fingerprint density at radius 1 is 1.41 bits per heavy atom. The molecule has 0 atom stereocenters.